The fourth-order valence-electron chi connectivity index (χ4n) is 2.19. The summed E-state index contributed by atoms with van der Waals surface area (Å²) < 4.78 is 25.0. The summed E-state index contributed by atoms with van der Waals surface area (Å²) in [5, 5.41) is 14.1. The van der Waals surface area contributed by atoms with Crippen molar-refractivity contribution >= 4 is 50.5 Å². The number of hydrogen-bond donors (Lipinski definition) is 2. The first kappa shape index (κ1) is 21.0. The van der Waals surface area contributed by atoms with Gasteiger partial charge in [0.2, 0.25) is 10.0 Å². The second kappa shape index (κ2) is 8.60. The lowest BCUT2D eigenvalue weighted by Gasteiger charge is -2.21. The first-order valence-electron chi connectivity index (χ1n) is 7.64. The zero-order chi connectivity index (χ0) is 20.2. The maximum absolute atomic E-state index is 12.2. The quantitative estimate of drug-likeness (QED) is 0.544. The molecule has 27 heavy (non-hydrogen) atoms. The molecule has 10 heteroatoms. The molecule has 7 nitrogen and oxygen atoms in total. The molecule has 2 rings (SSSR count). The Morgan fingerprint density at radius 3 is 2.44 bits per heavy atom. The molecule has 0 saturated carbocycles. The van der Waals surface area contributed by atoms with E-state index in [9.17, 15) is 18.3 Å². The molecule has 0 heterocycles. The highest BCUT2D eigenvalue weighted by atomic mass is 35.5. The lowest BCUT2D eigenvalue weighted by atomic mass is 10.1. The van der Waals surface area contributed by atoms with Gasteiger partial charge in [0, 0.05) is 5.56 Å². The summed E-state index contributed by atoms with van der Waals surface area (Å²) in [5.74, 6) is -0.650. The van der Waals surface area contributed by atoms with Gasteiger partial charge < -0.3 is 5.11 Å². The van der Waals surface area contributed by atoms with Crippen LogP contribution in [0.5, 0.6) is 5.75 Å². The Morgan fingerprint density at radius 2 is 1.85 bits per heavy atom. The number of halogens is 2. The number of anilines is 1. The summed E-state index contributed by atoms with van der Waals surface area (Å²) in [7, 11) is -3.76. The van der Waals surface area contributed by atoms with Gasteiger partial charge >= 0.3 is 0 Å². The van der Waals surface area contributed by atoms with Crippen LogP contribution >= 0.6 is 23.2 Å². The highest BCUT2D eigenvalue weighted by molar-refractivity contribution is 7.92. The third kappa shape index (κ3) is 5.59. The minimum Gasteiger partial charge on any atom is -0.507 e. The van der Waals surface area contributed by atoms with Gasteiger partial charge in [-0.1, -0.05) is 35.3 Å². The molecule has 2 aromatic rings. The molecule has 144 valence electrons. The van der Waals surface area contributed by atoms with Crippen LogP contribution in [0.3, 0.4) is 0 Å². The first-order chi connectivity index (χ1) is 12.6. The van der Waals surface area contributed by atoms with Crippen LogP contribution in [0, 0.1) is 0 Å². The molecule has 0 atom stereocenters. The Balaban J connectivity index is 2.18. The molecule has 2 N–H and O–H groups in total. The zero-order valence-electron chi connectivity index (χ0n) is 14.5. The predicted octanol–water partition coefficient (Wildman–Crippen LogP) is 3.01. The fourth-order valence-corrected chi connectivity index (χ4v) is 3.33. The molecule has 2 aromatic carbocycles. The van der Waals surface area contributed by atoms with Crippen molar-refractivity contribution in [1.29, 1.82) is 0 Å². The van der Waals surface area contributed by atoms with Gasteiger partial charge in [0.15, 0.2) is 0 Å². The van der Waals surface area contributed by atoms with Crippen molar-refractivity contribution in [3.8, 4) is 5.75 Å². The summed E-state index contributed by atoms with van der Waals surface area (Å²) in [6, 6.07) is 10.7. The van der Waals surface area contributed by atoms with E-state index < -0.39 is 22.5 Å². The Hall–Kier alpha value is -2.29. The van der Waals surface area contributed by atoms with Crippen molar-refractivity contribution in [2.75, 3.05) is 17.1 Å². The number of carbonyl (C=O) groups is 1. The van der Waals surface area contributed by atoms with E-state index in [1.165, 1.54) is 24.3 Å². The summed E-state index contributed by atoms with van der Waals surface area (Å²) in [5.41, 5.74) is 3.29. The number of benzene rings is 2. The normalized spacial score (nSPS) is 11.9. The minimum absolute atomic E-state index is 0.0153. The van der Waals surface area contributed by atoms with Crippen molar-refractivity contribution < 1.29 is 18.3 Å². The third-order valence-electron chi connectivity index (χ3n) is 3.52. The third-order valence-corrected chi connectivity index (χ3v) is 5.40. The number of sulfonamides is 1. The molecule has 0 aromatic heterocycles. The molecule has 0 radical (unpaired) electrons. The molecule has 0 bridgehead atoms. The van der Waals surface area contributed by atoms with Crippen LogP contribution in [-0.4, -0.2) is 37.9 Å². The first-order valence-corrected chi connectivity index (χ1v) is 10.2. The second-order valence-electron chi connectivity index (χ2n) is 5.62. The van der Waals surface area contributed by atoms with Crippen molar-refractivity contribution in [3.05, 3.63) is 58.1 Å². The largest absolute Gasteiger partial charge is 0.507 e. The smallest absolute Gasteiger partial charge is 0.260 e. The van der Waals surface area contributed by atoms with Crippen molar-refractivity contribution in [1.82, 2.24) is 5.43 Å². The average Bonchev–Trinajstić information content (AvgIpc) is 2.59. The molecule has 0 aliphatic heterocycles. The molecule has 0 aliphatic carbocycles. The van der Waals surface area contributed by atoms with Crippen molar-refractivity contribution in [2.24, 2.45) is 5.10 Å². The van der Waals surface area contributed by atoms with Gasteiger partial charge in [-0.05, 0) is 37.3 Å². The van der Waals surface area contributed by atoms with E-state index >= 15 is 0 Å². The monoisotopic (exact) mass is 429 g/mol. The fraction of sp³-hybridized carbons (Fsp3) is 0.176. The standard InChI is InChI=1S/C17H17Cl2N3O4S/c1-11(13-5-3-4-6-16(13)23)20-21-17(24)10-22(27(2,25)26)12-7-8-14(18)15(19)9-12/h3-9,23H,10H2,1-2H3,(H,21,24)/b20-11+. The number of amides is 1. The van der Waals surface area contributed by atoms with E-state index in [0.29, 0.717) is 11.3 Å². The van der Waals surface area contributed by atoms with Crippen molar-refractivity contribution in [3.63, 3.8) is 0 Å². The van der Waals surface area contributed by atoms with E-state index in [-0.39, 0.29) is 21.5 Å². The molecule has 0 fully saturated rings. The van der Waals surface area contributed by atoms with Crippen LogP contribution in [0.2, 0.25) is 10.0 Å². The zero-order valence-corrected chi connectivity index (χ0v) is 16.8. The summed E-state index contributed by atoms with van der Waals surface area (Å²) >= 11 is 11.8. The number of aromatic hydroxyl groups is 1. The molecule has 0 aliphatic rings. The van der Waals surface area contributed by atoms with Crippen LogP contribution in [0.15, 0.2) is 47.6 Å². The maximum atomic E-state index is 12.2. The number of nitrogens with zero attached hydrogens (tertiary/aromatic N) is 2. The van der Waals surface area contributed by atoms with Crippen LogP contribution in [0.25, 0.3) is 0 Å². The molecule has 1 amide bonds. The van der Waals surface area contributed by atoms with Gasteiger partial charge in [-0.2, -0.15) is 5.10 Å². The number of carbonyl (C=O) groups excluding carboxylic acids is 1. The molecule has 0 saturated heterocycles. The van der Waals surface area contributed by atoms with Gasteiger partial charge in [-0.15, -0.1) is 0 Å². The van der Waals surface area contributed by atoms with Gasteiger partial charge in [-0.3, -0.25) is 9.10 Å². The number of phenols is 1. The second-order valence-corrected chi connectivity index (χ2v) is 8.34. The van der Waals surface area contributed by atoms with Gasteiger partial charge in [-0.25, -0.2) is 13.8 Å². The summed E-state index contributed by atoms with van der Waals surface area (Å²) in [6.07, 6.45) is 0.972. The summed E-state index contributed by atoms with van der Waals surface area (Å²) in [4.78, 5) is 12.2. The molecular weight excluding hydrogens is 413 g/mol. The number of para-hydroxylation sites is 1. The van der Waals surface area contributed by atoms with Crippen molar-refractivity contribution in [2.45, 2.75) is 6.92 Å². The van der Waals surface area contributed by atoms with Gasteiger partial charge in [0.05, 0.1) is 27.7 Å². The van der Waals surface area contributed by atoms with Gasteiger partial charge in [0.1, 0.15) is 12.3 Å². The Bertz CT molecular complexity index is 993. The maximum Gasteiger partial charge on any atom is 0.260 e. The van der Waals surface area contributed by atoms with Gasteiger partial charge in [0.25, 0.3) is 5.91 Å². The Labute approximate surface area is 167 Å². The van der Waals surface area contributed by atoms with E-state index in [2.05, 4.69) is 10.5 Å². The Kier molecular flexibility index (Phi) is 6.69. The number of nitrogens with one attached hydrogen (secondary N) is 1. The van der Waals surface area contributed by atoms with Crippen LogP contribution in [0.4, 0.5) is 5.69 Å². The predicted molar refractivity (Wildman–Crippen MR) is 107 cm³/mol. The van der Waals surface area contributed by atoms with Crippen LogP contribution < -0.4 is 9.73 Å². The topological polar surface area (TPSA) is 99.1 Å². The average molecular weight is 430 g/mol. The molecular formula is C17H17Cl2N3O4S. The lowest BCUT2D eigenvalue weighted by molar-refractivity contribution is -0.119. The molecule has 0 unspecified atom stereocenters. The van der Waals surface area contributed by atoms with E-state index in [1.807, 2.05) is 0 Å². The highest BCUT2D eigenvalue weighted by Crippen LogP contribution is 2.28. The minimum atomic E-state index is -3.76. The number of hydrogen-bond acceptors (Lipinski definition) is 5. The summed E-state index contributed by atoms with van der Waals surface area (Å²) in [6.45, 7) is 1.09. The van der Waals surface area contributed by atoms with Crippen LogP contribution in [-0.2, 0) is 14.8 Å². The van der Waals surface area contributed by atoms with Crippen LogP contribution in [0.1, 0.15) is 12.5 Å². The van der Waals surface area contributed by atoms with E-state index in [0.717, 1.165) is 10.6 Å². The number of hydrazone groups is 1. The van der Waals surface area contributed by atoms with E-state index in [4.69, 9.17) is 23.2 Å². The molecule has 0 spiro atoms. The number of phenolic OH excluding ortho intramolecular Hbond substituents is 1. The van der Waals surface area contributed by atoms with E-state index in [1.54, 1.807) is 25.1 Å². The SMILES string of the molecule is C/C(=N\NC(=O)CN(c1ccc(Cl)c(Cl)c1)S(C)(=O)=O)c1ccccc1O. The lowest BCUT2D eigenvalue weighted by Crippen LogP contribution is -2.39. The Morgan fingerprint density at radius 1 is 1.19 bits per heavy atom. The number of rotatable bonds is 6. The highest BCUT2D eigenvalue weighted by Gasteiger charge is 2.21.